The van der Waals surface area contributed by atoms with Crippen molar-refractivity contribution in [3.63, 3.8) is 0 Å². The van der Waals surface area contributed by atoms with Crippen LogP contribution in [0.15, 0.2) is 4.99 Å². The van der Waals surface area contributed by atoms with Crippen molar-refractivity contribution in [1.29, 1.82) is 0 Å². The summed E-state index contributed by atoms with van der Waals surface area (Å²) in [5.41, 5.74) is 0. The number of esters is 1. The van der Waals surface area contributed by atoms with Gasteiger partial charge in [-0.25, -0.2) is 9.79 Å². The maximum Gasteiger partial charge on any atom is 0.393 e. The summed E-state index contributed by atoms with van der Waals surface area (Å²) in [6, 6.07) is 0. The second-order valence-electron chi connectivity index (χ2n) is 2.24. The Balaban J connectivity index is 3.95. The highest BCUT2D eigenvalue weighted by molar-refractivity contribution is 6.32. The van der Waals surface area contributed by atoms with Gasteiger partial charge in [-0.15, -0.1) is 0 Å². The van der Waals surface area contributed by atoms with E-state index in [1.807, 2.05) is 0 Å². The summed E-state index contributed by atoms with van der Waals surface area (Å²) < 4.78 is 9.16. The van der Waals surface area contributed by atoms with Gasteiger partial charge in [0, 0.05) is 6.54 Å². The number of unbranched alkanes of at least 4 members (excludes halogenated alkanes) is 1. The molecular weight excluding hydrogens is 158 g/mol. The van der Waals surface area contributed by atoms with Crippen molar-refractivity contribution in [3.8, 4) is 0 Å². The van der Waals surface area contributed by atoms with Crippen molar-refractivity contribution >= 4 is 11.9 Å². The summed E-state index contributed by atoms with van der Waals surface area (Å²) in [5.74, 6) is -0.473. The van der Waals surface area contributed by atoms with Crippen LogP contribution in [0.5, 0.6) is 0 Å². The van der Waals surface area contributed by atoms with E-state index in [2.05, 4.69) is 16.7 Å². The van der Waals surface area contributed by atoms with Crippen molar-refractivity contribution in [2.24, 2.45) is 4.99 Å². The average molecular weight is 173 g/mol. The van der Waals surface area contributed by atoms with Crippen molar-refractivity contribution in [2.45, 2.75) is 19.8 Å². The largest absolute Gasteiger partial charge is 0.476 e. The van der Waals surface area contributed by atoms with Gasteiger partial charge in [-0.1, -0.05) is 13.3 Å². The van der Waals surface area contributed by atoms with Crippen LogP contribution >= 0.6 is 0 Å². The first-order chi connectivity index (χ1) is 5.76. The molecule has 70 valence electrons. The third kappa shape index (κ3) is 3.95. The van der Waals surface area contributed by atoms with Gasteiger partial charge in [-0.2, -0.15) is 0 Å². The van der Waals surface area contributed by atoms with E-state index in [-0.39, 0.29) is 5.90 Å². The summed E-state index contributed by atoms with van der Waals surface area (Å²) >= 11 is 0. The van der Waals surface area contributed by atoms with Crippen LogP contribution in [0.2, 0.25) is 0 Å². The van der Waals surface area contributed by atoms with Crippen LogP contribution < -0.4 is 0 Å². The molecule has 0 aromatic rings. The molecule has 4 heteroatoms. The Morgan fingerprint density at radius 1 is 1.33 bits per heavy atom. The van der Waals surface area contributed by atoms with Crippen LogP contribution in [0.1, 0.15) is 19.8 Å². The fraction of sp³-hybridized carbons (Fsp3) is 0.750. The predicted molar refractivity (Wildman–Crippen MR) is 46.2 cm³/mol. The van der Waals surface area contributed by atoms with E-state index in [9.17, 15) is 4.79 Å². The third-order valence-electron chi connectivity index (χ3n) is 1.32. The lowest BCUT2D eigenvalue weighted by Crippen LogP contribution is -2.18. The molecule has 0 unspecified atom stereocenters. The summed E-state index contributed by atoms with van der Waals surface area (Å²) in [7, 11) is 2.71. The number of carbonyl (C=O) groups excluding carboxylic acids is 1. The van der Waals surface area contributed by atoms with Crippen LogP contribution in [0.3, 0.4) is 0 Å². The van der Waals surface area contributed by atoms with Crippen LogP contribution in [0, 0.1) is 0 Å². The van der Waals surface area contributed by atoms with Crippen molar-refractivity contribution in [2.75, 3.05) is 20.8 Å². The monoisotopic (exact) mass is 173 g/mol. The Hall–Kier alpha value is -1.06. The zero-order chi connectivity index (χ0) is 9.40. The summed E-state index contributed by atoms with van der Waals surface area (Å²) in [5, 5.41) is 0. The summed E-state index contributed by atoms with van der Waals surface area (Å²) in [6.45, 7) is 2.66. The topological polar surface area (TPSA) is 47.9 Å². The molecule has 0 saturated heterocycles. The molecule has 0 aromatic carbocycles. The summed E-state index contributed by atoms with van der Waals surface area (Å²) in [4.78, 5) is 14.8. The maximum atomic E-state index is 10.9. The molecule has 0 aliphatic rings. The number of hydrogen-bond acceptors (Lipinski definition) is 4. The molecule has 0 aliphatic carbocycles. The minimum absolute atomic E-state index is 0.0472. The SMILES string of the molecule is CCCCN=C(OC)C(=O)OC. The zero-order valence-electron chi connectivity index (χ0n) is 7.79. The molecule has 4 nitrogen and oxygen atoms in total. The van der Waals surface area contributed by atoms with E-state index in [0.29, 0.717) is 6.54 Å². The van der Waals surface area contributed by atoms with Crippen LogP contribution in [-0.4, -0.2) is 32.6 Å². The Morgan fingerprint density at radius 3 is 2.42 bits per heavy atom. The highest BCUT2D eigenvalue weighted by Crippen LogP contribution is 1.90. The first kappa shape index (κ1) is 10.9. The van der Waals surface area contributed by atoms with Gasteiger partial charge in [0.05, 0.1) is 14.2 Å². The Labute approximate surface area is 72.6 Å². The number of methoxy groups -OCH3 is 2. The quantitative estimate of drug-likeness (QED) is 0.277. The number of carbonyl (C=O) groups is 1. The van der Waals surface area contributed by atoms with Crippen LogP contribution in [0.4, 0.5) is 0 Å². The molecule has 0 saturated carbocycles. The average Bonchev–Trinajstić information content (AvgIpc) is 2.11. The first-order valence-corrected chi connectivity index (χ1v) is 3.93. The molecule has 0 aliphatic heterocycles. The Bertz CT molecular complexity index is 166. The smallest absolute Gasteiger partial charge is 0.393 e. The minimum atomic E-state index is -0.520. The van der Waals surface area contributed by atoms with Gasteiger partial charge in [-0.3, -0.25) is 0 Å². The molecular formula is C8H15NO3. The molecule has 0 atom stereocenters. The lowest BCUT2D eigenvalue weighted by atomic mass is 10.3. The third-order valence-corrected chi connectivity index (χ3v) is 1.32. The highest BCUT2D eigenvalue weighted by atomic mass is 16.6. The number of nitrogens with zero attached hydrogens (tertiary/aromatic N) is 1. The van der Waals surface area contributed by atoms with Gasteiger partial charge in [-0.05, 0) is 6.42 Å². The van der Waals surface area contributed by atoms with Gasteiger partial charge in [0.2, 0.25) is 0 Å². The molecule has 12 heavy (non-hydrogen) atoms. The van der Waals surface area contributed by atoms with Crippen molar-refractivity contribution in [3.05, 3.63) is 0 Å². The van der Waals surface area contributed by atoms with E-state index in [4.69, 9.17) is 4.74 Å². The van der Waals surface area contributed by atoms with E-state index in [1.165, 1.54) is 14.2 Å². The van der Waals surface area contributed by atoms with E-state index < -0.39 is 5.97 Å². The molecule has 0 radical (unpaired) electrons. The van der Waals surface area contributed by atoms with Gasteiger partial charge < -0.3 is 9.47 Å². The second kappa shape index (κ2) is 6.64. The molecule has 0 aromatic heterocycles. The normalized spacial score (nSPS) is 11.1. The number of rotatable bonds is 3. The molecule has 0 amide bonds. The minimum Gasteiger partial charge on any atom is -0.476 e. The van der Waals surface area contributed by atoms with E-state index in [0.717, 1.165) is 12.8 Å². The Kier molecular flexibility index (Phi) is 6.05. The summed E-state index contributed by atoms with van der Waals surface area (Å²) in [6.07, 6.45) is 1.99. The van der Waals surface area contributed by atoms with Crippen LogP contribution in [-0.2, 0) is 14.3 Å². The Morgan fingerprint density at radius 2 is 2.00 bits per heavy atom. The van der Waals surface area contributed by atoms with Gasteiger partial charge >= 0.3 is 5.97 Å². The van der Waals surface area contributed by atoms with Gasteiger partial charge in [0.1, 0.15) is 0 Å². The number of hydrogen-bond donors (Lipinski definition) is 0. The highest BCUT2D eigenvalue weighted by Gasteiger charge is 2.10. The van der Waals surface area contributed by atoms with Crippen molar-refractivity contribution < 1.29 is 14.3 Å². The second-order valence-corrected chi connectivity index (χ2v) is 2.24. The molecule has 0 rings (SSSR count). The first-order valence-electron chi connectivity index (χ1n) is 3.93. The standard InChI is InChI=1S/C8H15NO3/c1-4-5-6-9-7(11-2)8(10)12-3/h4-6H2,1-3H3. The fourth-order valence-corrected chi connectivity index (χ4v) is 0.638. The number of aliphatic imine (C=N–C) groups is 1. The lowest BCUT2D eigenvalue weighted by molar-refractivity contribution is -0.134. The molecule has 0 heterocycles. The van der Waals surface area contributed by atoms with E-state index >= 15 is 0 Å². The molecule has 0 N–H and O–H groups in total. The zero-order valence-corrected chi connectivity index (χ0v) is 7.79. The molecule has 0 fully saturated rings. The van der Waals surface area contributed by atoms with Crippen molar-refractivity contribution in [1.82, 2.24) is 0 Å². The van der Waals surface area contributed by atoms with Gasteiger partial charge in [0.15, 0.2) is 0 Å². The predicted octanol–water partition coefficient (Wildman–Crippen LogP) is 1.00. The number of ether oxygens (including phenoxy) is 2. The molecule has 0 spiro atoms. The van der Waals surface area contributed by atoms with Gasteiger partial charge in [0.25, 0.3) is 5.90 Å². The van der Waals surface area contributed by atoms with E-state index in [1.54, 1.807) is 0 Å². The molecule has 0 bridgehead atoms. The lowest BCUT2D eigenvalue weighted by Gasteiger charge is -2.01. The van der Waals surface area contributed by atoms with Crippen LogP contribution in [0.25, 0.3) is 0 Å². The maximum absolute atomic E-state index is 10.9. The fourth-order valence-electron chi connectivity index (χ4n) is 0.638.